The van der Waals surface area contributed by atoms with Crippen molar-refractivity contribution >= 4 is 60.8 Å². The van der Waals surface area contributed by atoms with Gasteiger partial charge >= 0.3 is 0 Å². The second-order valence-electron chi connectivity index (χ2n) is 6.88. The van der Waals surface area contributed by atoms with Crippen LogP contribution in [0.3, 0.4) is 0 Å². The van der Waals surface area contributed by atoms with Gasteiger partial charge in [-0.25, -0.2) is 0 Å². The van der Waals surface area contributed by atoms with Crippen LogP contribution in [0, 0.1) is 6.92 Å². The lowest BCUT2D eigenvalue weighted by molar-refractivity contribution is 0.559. The molecule has 0 amide bonds. The van der Waals surface area contributed by atoms with Crippen LogP contribution in [0.15, 0.2) is 50.3 Å². The van der Waals surface area contributed by atoms with Crippen LogP contribution in [-0.4, -0.2) is 22.9 Å². The van der Waals surface area contributed by atoms with Crippen molar-refractivity contribution in [1.82, 2.24) is 0 Å². The number of aryl methyl sites for hydroxylation is 1. The van der Waals surface area contributed by atoms with Gasteiger partial charge in [-0.15, -0.1) is 0 Å². The minimum absolute atomic E-state index is 0.106. The van der Waals surface area contributed by atoms with Gasteiger partial charge in [-0.05, 0) is 80.8 Å². The maximum atomic E-state index is 5.04. The molecule has 0 radical (unpaired) electrons. The number of thioether (sulfide) groups is 1. The third-order valence-corrected chi connectivity index (χ3v) is 7.32. The molecule has 2 heterocycles. The fourth-order valence-corrected chi connectivity index (χ4v) is 5.63. The highest BCUT2D eigenvalue weighted by Gasteiger charge is 2.42. The van der Waals surface area contributed by atoms with E-state index in [2.05, 4.69) is 85.8 Å². The van der Waals surface area contributed by atoms with Crippen LogP contribution in [0.5, 0.6) is 0 Å². The first kappa shape index (κ1) is 18.4. The van der Waals surface area contributed by atoms with Crippen LogP contribution >= 0.6 is 43.6 Å². The Hall–Kier alpha value is -0.980. The molecule has 0 aromatic heterocycles. The van der Waals surface area contributed by atoms with Gasteiger partial charge in [0.25, 0.3) is 0 Å². The summed E-state index contributed by atoms with van der Waals surface area (Å²) in [6.45, 7) is 2.82. The number of hydrogen-bond donors (Lipinski definition) is 2. The van der Waals surface area contributed by atoms with E-state index in [0.717, 1.165) is 50.5 Å². The van der Waals surface area contributed by atoms with E-state index in [-0.39, 0.29) is 5.54 Å². The molecular formula is C20H21Br2N3S. The molecule has 2 aromatic rings. The fourth-order valence-electron chi connectivity index (χ4n) is 3.59. The number of hydrogen-bond acceptors (Lipinski definition) is 3. The molecule has 1 fully saturated rings. The summed E-state index contributed by atoms with van der Waals surface area (Å²) in [6, 6.07) is 12.7. The van der Waals surface area contributed by atoms with Gasteiger partial charge in [0.05, 0.1) is 23.5 Å². The molecule has 3 nitrogen and oxygen atoms in total. The zero-order valence-corrected chi connectivity index (χ0v) is 18.6. The normalized spacial score (nSPS) is 19.7. The van der Waals surface area contributed by atoms with Crippen molar-refractivity contribution in [3.8, 4) is 0 Å². The van der Waals surface area contributed by atoms with Crippen molar-refractivity contribution < 1.29 is 0 Å². The van der Waals surface area contributed by atoms with Crippen LogP contribution < -0.4 is 10.6 Å². The average Bonchev–Trinajstić information content (AvgIpc) is 2.64. The SMILES string of the molecule is Cc1cccc(CN=C2Nc3c(Br)ccc(Br)c3NC23CCSCC3)c1. The molecule has 1 saturated heterocycles. The monoisotopic (exact) mass is 493 g/mol. The summed E-state index contributed by atoms with van der Waals surface area (Å²) in [5.41, 5.74) is 4.61. The molecule has 0 bridgehead atoms. The van der Waals surface area contributed by atoms with Gasteiger partial charge in [-0.3, -0.25) is 4.99 Å². The molecule has 2 aliphatic heterocycles. The highest BCUT2D eigenvalue weighted by molar-refractivity contribution is 9.11. The maximum absolute atomic E-state index is 5.04. The summed E-state index contributed by atoms with van der Waals surface area (Å²) in [4.78, 5) is 5.04. The molecule has 136 valence electrons. The Labute approximate surface area is 175 Å². The van der Waals surface area contributed by atoms with E-state index in [1.165, 1.54) is 11.1 Å². The van der Waals surface area contributed by atoms with Gasteiger partial charge in [0.15, 0.2) is 0 Å². The number of anilines is 2. The predicted octanol–water partition coefficient (Wildman–Crippen LogP) is 6.22. The van der Waals surface area contributed by atoms with E-state index in [0.29, 0.717) is 6.54 Å². The molecule has 0 saturated carbocycles. The van der Waals surface area contributed by atoms with Crippen LogP contribution in [0.4, 0.5) is 11.4 Å². The molecule has 2 aromatic carbocycles. The molecule has 4 rings (SSSR count). The van der Waals surface area contributed by atoms with Crippen molar-refractivity contribution in [1.29, 1.82) is 0 Å². The predicted molar refractivity (Wildman–Crippen MR) is 121 cm³/mol. The third-order valence-electron chi connectivity index (χ3n) is 5.01. The largest absolute Gasteiger partial charge is 0.370 e. The second kappa shape index (κ2) is 7.56. The van der Waals surface area contributed by atoms with E-state index >= 15 is 0 Å². The topological polar surface area (TPSA) is 36.4 Å². The standard InChI is InChI=1S/C20H21Br2N3S/c1-13-3-2-4-14(11-13)12-23-19-20(7-9-26-10-8-20)25-18-16(22)6-5-15(21)17(18)24-19/h2-6,11,25H,7-10,12H2,1H3,(H,23,24). The highest BCUT2D eigenvalue weighted by atomic mass is 79.9. The van der Waals surface area contributed by atoms with Crippen LogP contribution in [0.1, 0.15) is 24.0 Å². The number of fused-ring (bicyclic) bond motifs is 1. The van der Waals surface area contributed by atoms with Gasteiger partial charge in [-0.2, -0.15) is 11.8 Å². The zero-order valence-electron chi connectivity index (χ0n) is 14.6. The van der Waals surface area contributed by atoms with Crippen LogP contribution in [0.2, 0.25) is 0 Å². The van der Waals surface area contributed by atoms with E-state index in [4.69, 9.17) is 4.99 Å². The third kappa shape index (κ3) is 3.56. The smallest absolute Gasteiger partial charge is 0.127 e. The summed E-state index contributed by atoms with van der Waals surface area (Å²) >= 11 is 9.41. The van der Waals surface area contributed by atoms with E-state index in [9.17, 15) is 0 Å². The molecule has 1 spiro atoms. The first-order chi connectivity index (χ1) is 12.6. The Kier molecular flexibility index (Phi) is 5.35. The lowest BCUT2D eigenvalue weighted by Gasteiger charge is -2.44. The number of rotatable bonds is 2. The van der Waals surface area contributed by atoms with Crippen molar-refractivity contribution in [3.63, 3.8) is 0 Å². The number of amidine groups is 1. The maximum Gasteiger partial charge on any atom is 0.127 e. The Morgan fingerprint density at radius 1 is 1.08 bits per heavy atom. The van der Waals surface area contributed by atoms with Crippen LogP contribution in [0.25, 0.3) is 0 Å². The lowest BCUT2D eigenvalue weighted by atomic mass is 9.87. The van der Waals surface area contributed by atoms with Gasteiger partial charge in [-0.1, -0.05) is 29.8 Å². The van der Waals surface area contributed by atoms with Gasteiger partial charge in [0.2, 0.25) is 0 Å². The first-order valence-electron chi connectivity index (χ1n) is 8.79. The minimum atomic E-state index is -0.106. The number of halogens is 2. The Bertz CT molecular complexity index is 860. The Morgan fingerprint density at radius 3 is 2.54 bits per heavy atom. The highest BCUT2D eigenvalue weighted by Crippen LogP contribution is 2.45. The molecular weight excluding hydrogens is 474 g/mol. The van der Waals surface area contributed by atoms with Gasteiger partial charge in [0.1, 0.15) is 5.84 Å². The van der Waals surface area contributed by atoms with Gasteiger partial charge in [0, 0.05) is 8.95 Å². The molecule has 0 atom stereocenters. The Morgan fingerprint density at radius 2 is 1.81 bits per heavy atom. The Balaban J connectivity index is 1.72. The minimum Gasteiger partial charge on any atom is -0.370 e. The van der Waals surface area contributed by atoms with E-state index in [1.54, 1.807) is 0 Å². The molecule has 6 heteroatoms. The number of nitrogens with zero attached hydrogens (tertiary/aromatic N) is 1. The fraction of sp³-hybridized carbons (Fsp3) is 0.350. The quantitative estimate of drug-likeness (QED) is 0.520. The van der Waals surface area contributed by atoms with Crippen molar-refractivity contribution in [2.75, 3.05) is 22.1 Å². The summed E-state index contributed by atoms with van der Waals surface area (Å²) in [7, 11) is 0. The lowest BCUT2D eigenvalue weighted by Crippen LogP contribution is -2.55. The van der Waals surface area contributed by atoms with E-state index in [1.807, 2.05) is 11.8 Å². The summed E-state index contributed by atoms with van der Waals surface area (Å²) in [6.07, 6.45) is 2.16. The van der Waals surface area contributed by atoms with Crippen molar-refractivity contribution in [3.05, 3.63) is 56.5 Å². The molecule has 2 aliphatic rings. The zero-order chi connectivity index (χ0) is 18.1. The molecule has 26 heavy (non-hydrogen) atoms. The van der Waals surface area contributed by atoms with Crippen molar-refractivity contribution in [2.24, 2.45) is 4.99 Å². The average molecular weight is 495 g/mol. The van der Waals surface area contributed by atoms with Crippen molar-refractivity contribution in [2.45, 2.75) is 31.8 Å². The second-order valence-corrected chi connectivity index (χ2v) is 9.81. The molecule has 0 unspecified atom stereocenters. The summed E-state index contributed by atoms with van der Waals surface area (Å²) < 4.78 is 2.13. The van der Waals surface area contributed by atoms with Crippen LogP contribution in [-0.2, 0) is 6.54 Å². The first-order valence-corrected chi connectivity index (χ1v) is 11.5. The number of benzene rings is 2. The summed E-state index contributed by atoms with van der Waals surface area (Å²) in [5.74, 6) is 3.36. The van der Waals surface area contributed by atoms with E-state index < -0.39 is 0 Å². The summed E-state index contributed by atoms with van der Waals surface area (Å²) in [5, 5.41) is 7.49. The number of nitrogens with one attached hydrogen (secondary N) is 2. The molecule has 0 aliphatic carbocycles. The van der Waals surface area contributed by atoms with Gasteiger partial charge < -0.3 is 10.6 Å². The molecule has 2 N–H and O–H groups in total. The number of aliphatic imine (C=N–C) groups is 1.